The lowest BCUT2D eigenvalue weighted by atomic mass is 9.94. The topological polar surface area (TPSA) is 3.24 Å². The number of rotatable bonds is 3. The van der Waals surface area contributed by atoms with Gasteiger partial charge in [-0.05, 0) is 32.7 Å². The maximum atomic E-state index is 2.66. The Bertz CT molecular complexity index is 215. The van der Waals surface area contributed by atoms with Crippen LogP contribution in [-0.2, 0) is 0 Å². The molecule has 0 aromatic heterocycles. The van der Waals surface area contributed by atoms with Gasteiger partial charge in [0.25, 0.3) is 0 Å². The molecule has 0 heterocycles. The fraction of sp³-hybridized carbons (Fsp3) is 0.833. The Labute approximate surface area is 90.3 Å². The van der Waals surface area contributed by atoms with E-state index in [4.69, 9.17) is 0 Å². The van der Waals surface area contributed by atoms with E-state index in [0.717, 1.165) is 6.04 Å². The van der Waals surface area contributed by atoms with E-state index in [0.29, 0.717) is 0 Å². The highest BCUT2D eigenvalue weighted by Gasteiger charge is 2.27. The summed E-state index contributed by atoms with van der Waals surface area (Å²) in [7, 11) is 1.24. The van der Waals surface area contributed by atoms with Crippen LogP contribution in [0.3, 0.4) is 0 Å². The highest BCUT2D eigenvalue weighted by Crippen LogP contribution is 2.26. The maximum Gasteiger partial charge on any atom is 0.119 e. The maximum absolute atomic E-state index is 2.66. The third-order valence-corrected chi connectivity index (χ3v) is 6.02. The van der Waals surface area contributed by atoms with Gasteiger partial charge in [-0.1, -0.05) is 38.2 Å². The summed E-state index contributed by atoms with van der Waals surface area (Å²) in [5.41, 5.74) is 1.67. The van der Waals surface area contributed by atoms with Crippen molar-refractivity contribution in [1.82, 2.24) is 4.57 Å². The van der Waals surface area contributed by atoms with Gasteiger partial charge < -0.3 is 4.57 Å². The van der Waals surface area contributed by atoms with Crippen molar-refractivity contribution in [3.63, 3.8) is 0 Å². The van der Waals surface area contributed by atoms with E-state index in [1.165, 1.54) is 25.7 Å². The fourth-order valence-electron chi connectivity index (χ4n) is 2.10. The van der Waals surface area contributed by atoms with Gasteiger partial charge in [0.1, 0.15) is 8.24 Å². The Hall–Kier alpha value is -0.0831. The summed E-state index contributed by atoms with van der Waals surface area (Å²) in [5.74, 6) is 0. The standard InChI is InChI=1S/C12H25NSi/c1-6-11-7-9-12(10-8-11)13(2)14(3,4)5/h7,12H,6,8-10H2,1-5H3. The molecule has 0 amide bonds. The summed E-state index contributed by atoms with van der Waals surface area (Å²) in [6.07, 6.45) is 7.72. The van der Waals surface area contributed by atoms with Gasteiger partial charge in [0, 0.05) is 6.04 Å². The number of nitrogens with zero attached hydrogens (tertiary/aromatic N) is 1. The van der Waals surface area contributed by atoms with Gasteiger partial charge in [-0.15, -0.1) is 0 Å². The molecule has 0 N–H and O–H groups in total. The molecule has 0 saturated carbocycles. The summed E-state index contributed by atoms with van der Waals surface area (Å²) in [5, 5.41) is 0. The fourth-order valence-corrected chi connectivity index (χ4v) is 3.43. The minimum absolute atomic E-state index is 0.817. The molecule has 1 unspecified atom stereocenters. The van der Waals surface area contributed by atoms with Crippen LogP contribution >= 0.6 is 0 Å². The highest BCUT2D eigenvalue weighted by atomic mass is 28.3. The third kappa shape index (κ3) is 2.96. The van der Waals surface area contributed by atoms with E-state index in [1.807, 2.05) is 0 Å². The minimum Gasteiger partial charge on any atom is -0.324 e. The van der Waals surface area contributed by atoms with Crippen LogP contribution in [0.2, 0.25) is 19.6 Å². The largest absolute Gasteiger partial charge is 0.324 e. The van der Waals surface area contributed by atoms with Crippen molar-refractivity contribution in [3.8, 4) is 0 Å². The average Bonchev–Trinajstić information content (AvgIpc) is 2.15. The average molecular weight is 211 g/mol. The zero-order chi connectivity index (χ0) is 10.8. The lowest BCUT2D eigenvalue weighted by molar-refractivity contribution is 0.339. The highest BCUT2D eigenvalue weighted by molar-refractivity contribution is 6.73. The molecule has 0 spiro atoms. The molecule has 0 bridgehead atoms. The summed E-state index contributed by atoms with van der Waals surface area (Å²) < 4.78 is 2.66. The predicted octanol–water partition coefficient (Wildman–Crippen LogP) is 3.64. The molecule has 0 saturated heterocycles. The Balaban J connectivity index is 2.54. The predicted molar refractivity (Wildman–Crippen MR) is 67.1 cm³/mol. The second-order valence-electron chi connectivity index (χ2n) is 5.43. The van der Waals surface area contributed by atoms with Crippen molar-refractivity contribution in [3.05, 3.63) is 11.6 Å². The van der Waals surface area contributed by atoms with Crippen LogP contribution in [0.1, 0.15) is 32.6 Å². The van der Waals surface area contributed by atoms with Gasteiger partial charge >= 0.3 is 0 Å². The number of hydrogen-bond donors (Lipinski definition) is 0. The van der Waals surface area contributed by atoms with Crippen LogP contribution in [0.5, 0.6) is 0 Å². The Morgan fingerprint density at radius 2 is 2.07 bits per heavy atom. The molecular weight excluding hydrogens is 186 g/mol. The molecule has 0 aromatic rings. The van der Waals surface area contributed by atoms with E-state index in [1.54, 1.807) is 5.57 Å². The molecule has 0 aliphatic heterocycles. The molecule has 2 heteroatoms. The number of hydrogen-bond acceptors (Lipinski definition) is 1. The third-order valence-electron chi connectivity index (χ3n) is 3.54. The quantitative estimate of drug-likeness (QED) is 0.509. The smallest absolute Gasteiger partial charge is 0.119 e. The van der Waals surface area contributed by atoms with Crippen LogP contribution < -0.4 is 0 Å². The second kappa shape index (κ2) is 4.62. The van der Waals surface area contributed by atoms with E-state index in [9.17, 15) is 0 Å². The van der Waals surface area contributed by atoms with Gasteiger partial charge in [0.2, 0.25) is 0 Å². The SMILES string of the molecule is CCC1=CCC(N(C)[Si](C)(C)C)CC1. The Morgan fingerprint density at radius 3 is 2.43 bits per heavy atom. The van der Waals surface area contributed by atoms with Gasteiger partial charge in [-0.2, -0.15) is 0 Å². The van der Waals surface area contributed by atoms with Crippen molar-refractivity contribution in [1.29, 1.82) is 0 Å². The molecule has 1 aliphatic rings. The summed E-state index contributed by atoms with van der Waals surface area (Å²) >= 11 is 0. The number of allylic oxidation sites excluding steroid dienone is 1. The monoisotopic (exact) mass is 211 g/mol. The van der Waals surface area contributed by atoms with E-state index < -0.39 is 8.24 Å². The molecule has 82 valence electrons. The zero-order valence-electron chi connectivity index (χ0n) is 10.4. The van der Waals surface area contributed by atoms with Crippen LogP contribution in [0, 0.1) is 0 Å². The van der Waals surface area contributed by atoms with Gasteiger partial charge in [-0.25, -0.2) is 0 Å². The normalized spacial score (nSPS) is 23.9. The van der Waals surface area contributed by atoms with Crippen LogP contribution in [0.25, 0.3) is 0 Å². The Kier molecular flexibility index (Phi) is 3.96. The first-order chi connectivity index (χ1) is 6.45. The van der Waals surface area contributed by atoms with E-state index in [-0.39, 0.29) is 0 Å². The first-order valence-electron chi connectivity index (χ1n) is 5.86. The zero-order valence-corrected chi connectivity index (χ0v) is 11.4. The van der Waals surface area contributed by atoms with Gasteiger partial charge in [0.05, 0.1) is 0 Å². The molecule has 1 nitrogen and oxygen atoms in total. The minimum atomic E-state index is -1.08. The molecule has 0 aromatic carbocycles. The summed E-state index contributed by atoms with van der Waals surface area (Å²) in [6.45, 7) is 9.58. The van der Waals surface area contributed by atoms with E-state index in [2.05, 4.69) is 44.3 Å². The van der Waals surface area contributed by atoms with Crippen molar-refractivity contribution in [2.45, 2.75) is 58.3 Å². The first-order valence-corrected chi connectivity index (χ1v) is 9.30. The lowest BCUT2D eigenvalue weighted by Gasteiger charge is -2.39. The van der Waals surface area contributed by atoms with Crippen molar-refractivity contribution < 1.29 is 0 Å². The second-order valence-corrected chi connectivity index (χ2v) is 10.5. The van der Waals surface area contributed by atoms with Crippen LogP contribution in [0.4, 0.5) is 0 Å². The lowest BCUT2D eigenvalue weighted by Crippen LogP contribution is -2.49. The van der Waals surface area contributed by atoms with Gasteiger partial charge in [0.15, 0.2) is 0 Å². The molecular formula is C12H25NSi. The molecule has 1 aliphatic carbocycles. The van der Waals surface area contributed by atoms with Crippen molar-refractivity contribution >= 4 is 8.24 Å². The van der Waals surface area contributed by atoms with E-state index >= 15 is 0 Å². The van der Waals surface area contributed by atoms with Crippen LogP contribution in [0.15, 0.2) is 11.6 Å². The molecule has 1 rings (SSSR count). The summed E-state index contributed by atoms with van der Waals surface area (Å²) in [4.78, 5) is 0. The van der Waals surface area contributed by atoms with Crippen molar-refractivity contribution in [2.75, 3.05) is 7.05 Å². The Morgan fingerprint density at radius 1 is 1.43 bits per heavy atom. The summed E-state index contributed by atoms with van der Waals surface area (Å²) in [6, 6.07) is 0.817. The first kappa shape index (κ1) is 12.0. The molecule has 14 heavy (non-hydrogen) atoms. The van der Waals surface area contributed by atoms with Crippen molar-refractivity contribution in [2.24, 2.45) is 0 Å². The molecule has 0 fully saturated rings. The molecule has 0 radical (unpaired) electrons. The van der Waals surface area contributed by atoms with Crippen LogP contribution in [-0.4, -0.2) is 25.9 Å². The molecule has 1 atom stereocenters. The van der Waals surface area contributed by atoms with Gasteiger partial charge in [-0.3, -0.25) is 0 Å².